The molecule has 0 saturated carbocycles. The minimum atomic E-state index is -0.161. The first-order valence-corrected chi connectivity index (χ1v) is 11.4. The lowest BCUT2D eigenvalue weighted by Gasteiger charge is -2.14. The zero-order valence-electron chi connectivity index (χ0n) is 17.0. The highest BCUT2D eigenvalue weighted by atomic mass is 79.9. The number of rotatable bonds is 4. The first-order valence-electron chi connectivity index (χ1n) is 10.2. The Morgan fingerprint density at radius 2 is 1.59 bits per heavy atom. The van der Waals surface area contributed by atoms with E-state index in [1.807, 2.05) is 66.7 Å². The van der Waals surface area contributed by atoms with Gasteiger partial charge >= 0.3 is 0 Å². The van der Waals surface area contributed by atoms with E-state index in [4.69, 9.17) is 16.3 Å². The summed E-state index contributed by atoms with van der Waals surface area (Å²) in [5.41, 5.74) is 4.34. The molecule has 0 radical (unpaired) electrons. The zero-order valence-corrected chi connectivity index (χ0v) is 19.3. The van der Waals surface area contributed by atoms with Crippen LogP contribution in [0.4, 0.5) is 0 Å². The molecule has 1 aliphatic carbocycles. The van der Waals surface area contributed by atoms with Gasteiger partial charge in [0.05, 0.1) is 5.56 Å². The molecule has 156 valence electrons. The maximum Gasteiger partial charge on any atom is 0.194 e. The number of fused-ring (bicyclic) bond motifs is 1. The maximum absolute atomic E-state index is 13.8. The van der Waals surface area contributed by atoms with Crippen LogP contribution in [-0.2, 0) is 0 Å². The van der Waals surface area contributed by atoms with E-state index in [-0.39, 0.29) is 11.7 Å². The Labute approximate surface area is 200 Å². The second-order valence-electron chi connectivity index (χ2n) is 7.60. The van der Waals surface area contributed by atoms with E-state index in [1.165, 1.54) is 0 Å². The molecule has 4 aromatic rings. The number of Topliss-reactive ketones (excluding diaryl/α,β-unsaturated/α-hetero) is 1. The fraction of sp³-hybridized carbons (Fsp3) is 0.0357. The van der Waals surface area contributed by atoms with E-state index in [0.717, 1.165) is 26.7 Å². The molecular weight excluding hydrogens is 484 g/mol. The number of benzene rings is 4. The van der Waals surface area contributed by atoms with Crippen molar-refractivity contribution >= 4 is 39.4 Å². The summed E-state index contributed by atoms with van der Waals surface area (Å²) in [5.74, 6) is 1.01. The predicted molar refractivity (Wildman–Crippen MR) is 133 cm³/mol. The largest absolute Gasteiger partial charge is 0.457 e. The van der Waals surface area contributed by atoms with Crippen LogP contribution < -0.4 is 4.74 Å². The van der Waals surface area contributed by atoms with E-state index in [9.17, 15) is 4.79 Å². The van der Waals surface area contributed by atoms with Crippen LogP contribution in [-0.4, -0.2) is 5.78 Å². The third kappa shape index (κ3) is 4.02. The number of carbonyl (C=O) groups excluding carboxylic acids is 1. The Kier molecular flexibility index (Phi) is 5.69. The Bertz CT molecular complexity index is 1330. The molecule has 32 heavy (non-hydrogen) atoms. The molecule has 2 nitrogen and oxygen atoms in total. The van der Waals surface area contributed by atoms with Gasteiger partial charge < -0.3 is 4.74 Å². The van der Waals surface area contributed by atoms with Gasteiger partial charge in [0.25, 0.3) is 0 Å². The molecule has 0 spiro atoms. The number of allylic oxidation sites excluding steroid dienone is 1. The number of hydrogen-bond donors (Lipinski definition) is 0. The summed E-state index contributed by atoms with van der Waals surface area (Å²) >= 11 is 9.53. The highest BCUT2D eigenvalue weighted by Crippen LogP contribution is 2.47. The van der Waals surface area contributed by atoms with Crippen LogP contribution >= 0.6 is 27.5 Å². The van der Waals surface area contributed by atoms with E-state index in [2.05, 4.69) is 28.1 Å². The quantitative estimate of drug-likeness (QED) is 0.263. The number of halogens is 2. The van der Waals surface area contributed by atoms with Gasteiger partial charge in [0, 0.05) is 21.0 Å². The molecule has 0 fully saturated rings. The molecule has 1 unspecified atom stereocenters. The summed E-state index contributed by atoms with van der Waals surface area (Å²) in [6, 6.07) is 31.0. The highest BCUT2D eigenvalue weighted by molar-refractivity contribution is 9.10. The lowest BCUT2D eigenvalue weighted by atomic mass is 9.89. The molecule has 1 atom stereocenters. The first-order chi connectivity index (χ1) is 15.6. The van der Waals surface area contributed by atoms with E-state index >= 15 is 0 Å². The van der Waals surface area contributed by atoms with Crippen LogP contribution in [0.3, 0.4) is 0 Å². The van der Waals surface area contributed by atoms with Crippen molar-refractivity contribution in [1.29, 1.82) is 0 Å². The number of ether oxygens (including phenoxy) is 1. The van der Waals surface area contributed by atoms with Crippen LogP contribution in [0.1, 0.15) is 33.0 Å². The Morgan fingerprint density at radius 1 is 0.844 bits per heavy atom. The number of hydrogen-bond acceptors (Lipinski definition) is 2. The van der Waals surface area contributed by atoms with Gasteiger partial charge in [-0.25, -0.2) is 0 Å². The van der Waals surface area contributed by atoms with Gasteiger partial charge in [0.2, 0.25) is 0 Å². The van der Waals surface area contributed by atoms with Crippen molar-refractivity contribution in [2.24, 2.45) is 0 Å². The van der Waals surface area contributed by atoms with Crippen molar-refractivity contribution < 1.29 is 9.53 Å². The summed E-state index contributed by atoms with van der Waals surface area (Å²) < 4.78 is 7.10. The topological polar surface area (TPSA) is 26.3 Å². The Morgan fingerprint density at radius 3 is 2.34 bits per heavy atom. The highest BCUT2D eigenvalue weighted by Gasteiger charge is 2.38. The molecule has 4 aromatic carbocycles. The van der Waals surface area contributed by atoms with Gasteiger partial charge in [-0.1, -0.05) is 82.1 Å². The van der Waals surface area contributed by atoms with Gasteiger partial charge in [-0.05, 0) is 65.2 Å². The normalized spacial score (nSPS) is 16.2. The summed E-state index contributed by atoms with van der Waals surface area (Å²) in [6.45, 7) is 0. The average molecular weight is 502 g/mol. The van der Waals surface area contributed by atoms with Gasteiger partial charge in [-0.15, -0.1) is 0 Å². The summed E-state index contributed by atoms with van der Waals surface area (Å²) in [4.78, 5) is 13.8. The fourth-order valence-electron chi connectivity index (χ4n) is 4.12. The lowest BCUT2D eigenvalue weighted by molar-refractivity contribution is 0.103. The molecule has 0 heterocycles. The lowest BCUT2D eigenvalue weighted by Crippen LogP contribution is -2.02. The second-order valence-corrected chi connectivity index (χ2v) is 8.96. The van der Waals surface area contributed by atoms with Crippen molar-refractivity contribution in [2.45, 2.75) is 5.92 Å². The maximum atomic E-state index is 13.8. The molecular formula is C28H18BrClO2. The molecule has 0 amide bonds. The minimum Gasteiger partial charge on any atom is -0.457 e. The van der Waals surface area contributed by atoms with E-state index in [0.29, 0.717) is 22.1 Å². The molecule has 0 aromatic heterocycles. The molecule has 5 rings (SSSR count). The van der Waals surface area contributed by atoms with Crippen LogP contribution in [0.5, 0.6) is 11.5 Å². The van der Waals surface area contributed by atoms with Gasteiger partial charge in [-0.2, -0.15) is 0 Å². The van der Waals surface area contributed by atoms with Crippen molar-refractivity contribution in [1.82, 2.24) is 0 Å². The Balaban J connectivity index is 1.65. The molecule has 0 bridgehead atoms. The van der Waals surface area contributed by atoms with Gasteiger partial charge in [0.15, 0.2) is 5.78 Å². The predicted octanol–water partition coefficient (Wildman–Crippen LogP) is 8.31. The minimum absolute atomic E-state index is 0.0154. The standard InChI is InChI=1S/C28H18BrClO2/c29-20-9-4-6-18(16-20)17-24-26(19-7-2-1-3-8-19)23-10-5-11-25(27(23)28(24)31)32-22-14-12-21(30)13-15-22/h1-17,26H/b24-17-. The summed E-state index contributed by atoms with van der Waals surface area (Å²) in [7, 11) is 0. The number of carbonyl (C=O) groups is 1. The number of ketones is 1. The zero-order chi connectivity index (χ0) is 22.1. The van der Waals surface area contributed by atoms with E-state index in [1.54, 1.807) is 24.3 Å². The third-order valence-electron chi connectivity index (χ3n) is 5.51. The molecule has 0 saturated heterocycles. The summed E-state index contributed by atoms with van der Waals surface area (Å²) in [6.07, 6.45) is 1.98. The second kappa shape index (κ2) is 8.78. The van der Waals surface area contributed by atoms with Crippen molar-refractivity contribution in [3.8, 4) is 11.5 Å². The monoisotopic (exact) mass is 500 g/mol. The van der Waals surface area contributed by atoms with Crippen molar-refractivity contribution in [3.63, 3.8) is 0 Å². The fourth-order valence-corrected chi connectivity index (χ4v) is 4.66. The van der Waals surface area contributed by atoms with Crippen LogP contribution in [0.15, 0.2) is 107 Å². The summed E-state index contributed by atoms with van der Waals surface area (Å²) in [5, 5.41) is 0.634. The average Bonchev–Trinajstić information content (AvgIpc) is 3.08. The first kappa shape index (κ1) is 20.7. The van der Waals surface area contributed by atoms with Crippen molar-refractivity contribution in [3.05, 3.63) is 134 Å². The SMILES string of the molecule is O=C1/C(=C\c2cccc(Br)c2)C(c2ccccc2)c2cccc(Oc3ccc(Cl)cc3)c21. The smallest absolute Gasteiger partial charge is 0.194 e. The Hall–Kier alpha value is -3.14. The van der Waals surface area contributed by atoms with Gasteiger partial charge in [-0.3, -0.25) is 4.79 Å². The van der Waals surface area contributed by atoms with E-state index < -0.39 is 0 Å². The van der Waals surface area contributed by atoms with Crippen LogP contribution in [0.2, 0.25) is 5.02 Å². The van der Waals surface area contributed by atoms with Crippen LogP contribution in [0, 0.1) is 0 Å². The van der Waals surface area contributed by atoms with Gasteiger partial charge in [0.1, 0.15) is 11.5 Å². The third-order valence-corrected chi connectivity index (χ3v) is 6.26. The molecule has 1 aliphatic rings. The van der Waals surface area contributed by atoms with Crippen molar-refractivity contribution in [2.75, 3.05) is 0 Å². The molecule has 0 N–H and O–H groups in total. The van der Waals surface area contributed by atoms with Crippen LogP contribution in [0.25, 0.3) is 6.08 Å². The molecule has 0 aliphatic heterocycles. The molecule has 4 heteroatoms.